The molecule has 0 heterocycles. The maximum absolute atomic E-state index is 14.3. The Morgan fingerprint density at radius 1 is 0.889 bits per heavy atom. The second-order valence-corrected chi connectivity index (χ2v) is 8.59. The van der Waals surface area contributed by atoms with E-state index in [1.165, 1.54) is 6.07 Å². The van der Waals surface area contributed by atoms with E-state index < -0.39 is 14.4 Å². The summed E-state index contributed by atoms with van der Waals surface area (Å²) in [6, 6.07) is 14.7. The van der Waals surface area contributed by atoms with Gasteiger partial charge in [-0.15, -0.1) is 0 Å². The first-order valence-corrected chi connectivity index (χ1v) is 11.2. The molecule has 0 radical (unpaired) electrons. The van der Waals surface area contributed by atoms with Crippen molar-refractivity contribution in [2.24, 2.45) is 14.0 Å². The normalized spacial score (nSPS) is 11.9. The largest absolute Gasteiger partial charge is 0.490 e. The zero-order chi connectivity index (χ0) is 19.5. The Morgan fingerprint density at radius 3 is 2.11 bits per heavy atom. The number of halogens is 1. The number of hydrogen-bond acceptors (Lipinski definition) is 7. The van der Waals surface area contributed by atoms with Crippen molar-refractivity contribution in [1.29, 1.82) is 0 Å². The molecule has 0 aromatic heterocycles. The molecule has 0 N–H and O–H groups in total. The van der Waals surface area contributed by atoms with E-state index in [1.54, 1.807) is 6.07 Å². The number of isothiocyanates is 3. The molecule has 0 fully saturated rings. The SMILES string of the molecule is Fc1cccc(-c2ccccc2)c1OCCC[Si](N=C=S)(N=C=S)N=C=S. The third kappa shape index (κ3) is 5.89. The maximum Gasteiger partial charge on any atom is 0.461 e. The second-order valence-electron chi connectivity index (χ2n) is 5.32. The van der Waals surface area contributed by atoms with Gasteiger partial charge in [-0.3, -0.25) is 0 Å². The monoisotopic (exact) mass is 431 g/mol. The van der Waals surface area contributed by atoms with Gasteiger partial charge in [0.05, 0.1) is 22.1 Å². The highest BCUT2D eigenvalue weighted by molar-refractivity contribution is 7.78. The molecule has 0 atom stereocenters. The third-order valence-electron chi connectivity index (χ3n) is 3.63. The van der Waals surface area contributed by atoms with Crippen LogP contribution in [0.25, 0.3) is 11.1 Å². The summed E-state index contributed by atoms with van der Waals surface area (Å²) in [6.45, 7) is 0.238. The topological polar surface area (TPSA) is 46.3 Å². The van der Waals surface area contributed by atoms with Crippen LogP contribution >= 0.6 is 36.7 Å². The van der Waals surface area contributed by atoms with Crippen LogP contribution in [-0.4, -0.2) is 30.6 Å². The fourth-order valence-corrected chi connectivity index (χ4v) is 5.30. The van der Waals surface area contributed by atoms with Gasteiger partial charge in [-0.2, -0.15) is 0 Å². The summed E-state index contributed by atoms with van der Waals surface area (Å²) in [4.78, 5) is 0. The van der Waals surface area contributed by atoms with E-state index in [0.29, 0.717) is 18.0 Å². The van der Waals surface area contributed by atoms with Gasteiger partial charge in [-0.1, -0.05) is 42.5 Å². The molecule has 136 valence electrons. The Bertz CT molecular complexity index is 893. The molecule has 0 unspecified atom stereocenters. The molecule has 0 spiro atoms. The Kier molecular flexibility index (Phi) is 8.45. The van der Waals surface area contributed by atoms with E-state index in [2.05, 4.69) is 66.1 Å². The summed E-state index contributed by atoms with van der Waals surface area (Å²) in [5, 5.41) is 6.86. The number of para-hydroxylation sites is 1. The lowest BCUT2D eigenvalue weighted by atomic mass is 10.0. The number of hydrogen-bond donors (Lipinski definition) is 0. The molecule has 0 bridgehead atoms. The smallest absolute Gasteiger partial charge is 0.461 e. The first-order valence-electron chi connectivity index (χ1n) is 7.89. The van der Waals surface area contributed by atoms with Gasteiger partial charge in [0.1, 0.15) is 0 Å². The van der Waals surface area contributed by atoms with Crippen molar-refractivity contribution in [2.45, 2.75) is 12.5 Å². The molecule has 0 saturated carbocycles. The molecule has 2 rings (SSSR count). The van der Waals surface area contributed by atoms with Crippen molar-refractivity contribution >= 4 is 60.7 Å². The summed E-state index contributed by atoms with van der Waals surface area (Å²) in [6.07, 6.45) is 0.496. The minimum atomic E-state index is -2.97. The molecule has 0 aliphatic carbocycles. The van der Waals surface area contributed by atoms with Crippen molar-refractivity contribution in [3.05, 3.63) is 54.3 Å². The Balaban J connectivity index is 2.15. The van der Waals surface area contributed by atoms with Crippen molar-refractivity contribution in [1.82, 2.24) is 0 Å². The average molecular weight is 432 g/mol. The summed E-state index contributed by atoms with van der Waals surface area (Å²) in [7, 11) is -2.97. The first-order chi connectivity index (χ1) is 13.2. The molecule has 2 aromatic rings. The molecule has 0 aliphatic rings. The highest BCUT2D eigenvalue weighted by atomic mass is 32.1. The van der Waals surface area contributed by atoms with Crippen LogP contribution < -0.4 is 4.74 Å². The molecule has 9 heteroatoms. The minimum Gasteiger partial charge on any atom is -0.490 e. The zero-order valence-electron chi connectivity index (χ0n) is 14.1. The number of ether oxygens (including phenoxy) is 1. The number of thiocarbonyl (C=S) groups is 3. The quantitative estimate of drug-likeness (QED) is 0.227. The lowest BCUT2D eigenvalue weighted by Gasteiger charge is -2.15. The van der Waals surface area contributed by atoms with E-state index in [0.717, 1.165) is 5.56 Å². The summed E-state index contributed by atoms with van der Waals surface area (Å²) >= 11 is 14.0. The zero-order valence-corrected chi connectivity index (χ0v) is 17.5. The van der Waals surface area contributed by atoms with Crippen LogP contribution in [0.4, 0.5) is 4.39 Å². The highest BCUT2D eigenvalue weighted by Gasteiger charge is 2.34. The summed E-state index contributed by atoms with van der Waals surface area (Å²) in [5.41, 5.74) is 1.56. The van der Waals surface area contributed by atoms with Crippen LogP contribution in [0.5, 0.6) is 5.75 Å². The number of rotatable bonds is 9. The maximum atomic E-state index is 14.3. The molecule has 0 aliphatic heterocycles. The Labute approximate surface area is 173 Å². The minimum absolute atomic E-state index is 0.200. The number of nitrogens with zero attached hydrogens (tertiary/aromatic N) is 3. The van der Waals surface area contributed by atoms with Gasteiger partial charge in [0.2, 0.25) is 0 Å². The average Bonchev–Trinajstić information content (AvgIpc) is 2.67. The molecule has 0 saturated heterocycles. The predicted molar refractivity (Wildman–Crippen MR) is 118 cm³/mol. The van der Waals surface area contributed by atoms with Gasteiger partial charge in [-0.05, 0) is 54.7 Å². The summed E-state index contributed by atoms with van der Waals surface area (Å²) < 4.78 is 32.2. The molecular weight excluding hydrogens is 418 g/mol. The fourth-order valence-electron chi connectivity index (χ4n) is 2.45. The van der Waals surface area contributed by atoms with Gasteiger partial charge >= 0.3 is 8.56 Å². The predicted octanol–water partition coefficient (Wildman–Crippen LogP) is 5.51. The van der Waals surface area contributed by atoms with Crippen LogP contribution in [0, 0.1) is 5.82 Å². The van der Waals surface area contributed by atoms with E-state index >= 15 is 0 Å². The molecule has 4 nitrogen and oxygen atoms in total. The van der Waals surface area contributed by atoms with Gasteiger partial charge in [-0.25, -0.2) is 18.4 Å². The van der Waals surface area contributed by atoms with Crippen molar-refractivity contribution in [3.8, 4) is 16.9 Å². The lowest BCUT2D eigenvalue weighted by molar-refractivity contribution is 0.302. The van der Waals surface area contributed by atoms with Gasteiger partial charge in [0.25, 0.3) is 0 Å². The van der Waals surface area contributed by atoms with Crippen molar-refractivity contribution in [3.63, 3.8) is 0 Å². The van der Waals surface area contributed by atoms with Crippen molar-refractivity contribution in [2.75, 3.05) is 6.61 Å². The van der Waals surface area contributed by atoms with E-state index in [-0.39, 0.29) is 12.4 Å². The van der Waals surface area contributed by atoms with Crippen LogP contribution in [0.2, 0.25) is 6.04 Å². The molecule has 27 heavy (non-hydrogen) atoms. The Hall–Kier alpha value is -2.21. The van der Waals surface area contributed by atoms with E-state index in [4.69, 9.17) is 4.74 Å². The van der Waals surface area contributed by atoms with Crippen LogP contribution in [0.3, 0.4) is 0 Å². The standard InChI is InChI=1S/C18H14FN3OS3Si/c19-17-9-4-8-16(15-6-2-1-3-7-15)18(17)23-10-5-11-27(20-12-24,21-13-25)22-14-26/h1-4,6-9H,5,10-11H2. The van der Waals surface area contributed by atoms with Crippen LogP contribution in [-0.2, 0) is 0 Å². The molecule has 0 amide bonds. The van der Waals surface area contributed by atoms with Crippen LogP contribution in [0.15, 0.2) is 62.5 Å². The second kappa shape index (κ2) is 10.8. The fraction of sp³-hybridized carbons (Fsp3) is 0.167. The summed E-state index contributed by atoms with van der Waals surface area (Å²) in [5.74, 6) is -0.225. The first kappa shape index (κ1) is 21.1. The van der Waals surface area contributed by atoms with Crippen LogP contribution in [0.1, 0.15) is 6.42 Å². The lowest BCUT2D eigenvalue weighted by Crippen LogP contribution is -2.28. The molecule has 2 aromatic carbocycles. The Morgan fingerprint density at radius 2 is 1.52 bits per heavy atom. The van der Waals surface area contributed by atoms with E-state index in [1.807, 2.05) is 36.4 Å². The van der Waals surface area contributed by atoms with Gasteiger partial charge < -0.3 is 4.74 Å². The number of benzene rings is 2. The highest BCUT2D eigenvalue weighted by Crippen LogP contribution is 2.32. The van der Waals surface area contributed by atoms with Crippen molar-refractivity contribution < 1.29 is 9.13 Å². The van der Waals surface area contributed by atoms with E-state index in [9.17, 15) is 4.39 Å². The molecular formula is C18H14FN3OS3Si. The van der Waals surface area contributed by atoms with Gasteiger partial charge in [0, 0.05) is 11.6 Å². The third-order valence-corrected chi connectivity index (χ3v) is 6.82. The van der Waals surface area contributed by atoms with Gasteiger partial charge in [0.15, 0.2) is 11.6 Å².